The summed E-state index contributed by atoms with van der Waals surface area (Å²) in [6, 6.07) is 16.1. The van der Waals surface area contributed by atoms with Gasteiger partial charge in [-0.25, -0.2) is 0 Å². The highest BCUT2D eigenvalue weighted by Gasteiger charge is 2.28. The van der Waals surface area contributed by atoms with Gasteiger partial charge in [-0.1, -0.05) is 48.0 Å². The predicted octanol–water partition coefficient (Wildman–Crippen LogP) is 3.78. The van der Waals surface area contributed by atoms with Crippen molar-refractivity contribution in [2.45, 2.75) is 22.6 Å². The van der Waals surface area contributed by atoms with E-state index in [9.17, 15) is 4.79 Å². The summed E-state index contributed by atoms with van der Waals surface area (Å²) in [6.45, 7) is 0.545. The van der Waals surface area contributed by atoms with Crippen molar-refractivity contribution in [2.75, 3.05) is 20.6 Å². The SMILES string of the molecule is CN(C)[C@H](CNC(=O)[C@@H]1Cc2ccccc2S1)c1ccccc1Cl. The number of likely N-dealkylation sites (N-methyl/N-ethyl adjacent to an activating group) is 1. The lowest BCUT2D eigenvalue weighted by molar-refractivity contribution is -0.120. The van der Waals surface area contributed by atoms with Gasteiger partial charge in [-0.2, -0.15) is 0 Å². The second-order valence-electron chi connectivity index (χ2n) is 6.16. The molecule has 0 bridgehead atoms. The molecule has 1 N–H and O–H groups in total. The Morgan fingerprint density at radius 1 is 1.25 bits per heavy atom. The minimum absolute atomic E-state index is 0.0449. The van der Waals surface area contributed by atoms with E-state index in [0.717, 1.165) is 17.0 Å². The third-order valence-electron chi connectivity index (χ3n) is 4.30. The van der Waals surface area contributed by atoms with Crippen LogP contribution in [0.25, 0.3) is 0 Å². The molecule has 3 nitrogen and oxygen atoms in total. The van der Waals surface area contributed by atoms with Crippen molar-refractivity contribution in [1.29, 1.82) is 0 Å². The van der Waals surface area contributed by atoms with Gasteiger partial charge in [0.15, 0.2) is 0 Å². The molecule has 1 heterocycles. The zero-order chi connectivity index (χ0) is 17.1. The third kappa shape index (κ3) is 3.77. The van der Waals surface area contributed by atoms with Crippen LogP contribution in [0.5, 0.6) is 0 Å². The second kappa shape index (κ2) is 7.60. The van der Waals surface area contributed by atoms with E-state index in [1.165, 1.54) is 10.5 Å². The van der Waals surface area contributed by atoms with Crippen molar-refractivity contribution < 1.29 is 4.79 Å². The summed E-state index contributed by atoms with van der Waals surface area (Å²) < 4.78 is 0. The van der Waals surface area contributed by atoms with Crippen LogP contribution in [0, 0.1) is 0 Å². The molecule has 126 valence electrons. The number of hydrogen-bond donors (Lipinski definition) is 1. The van der Waals surface area contributed by atoms with E-state index >= 15 is 0 Å². The Balaban J connectivity index is 1.64. The van der Waals surface area contributed by atoms with Crippen molar-refractivity contribution in [3.05, 3.63) is 64.7 Å². The van der Waals surface area contributed by atoms with Gasteiger partial charge in [0.05, 0.1) is 11.3 Å². The molecule has 5 heteroatoms. The standard InChI is InChI=1S/C19H21ClN2OS/c1-22(2)16(14-8-4-5-9-15(14)20)12-21-19(23)18-11-13-7-3-6-10-17(13)24-18/h3-10,16,18H,11-12H2,1-2H3,(H,21,23)/t16-,18+/m1/s1. The minimum atomic E-state index is -0.0449. The van der Waals surface area contributed by atoms with E-state index in [1.54, 1.807) is 11.8 Å². The van der Waals surface area contributed by atoms with Crippen molar-refractivity contribution in [2.24, 2.45) is 0 Å². The number of carbonyl (C=O) groups is 1. The highest BCUT2D eigenvalue weighted by atomic mass is 35.5. The monoisotopic (exact) mass is 360 g/mol. The first-order valence-corrected chi connectivity index (χ1v) is 9.25. The first kappa shape index (κ1) is 17.3. The fourth-order valence-electron chi connectivity index (χ4n) is 2.96. The maximum absolute atomic E-state index is 12.6. The minimum Gasteiger partial charge on any atom is -0.353 e. The lowest BCUT2D eigenvalue weighted by atomic mass is 10.1. The first-order chi connectivity index (χ1) is 11.6. The van der Waals surface area contributed by atoms with Crippen molar-refractivity contribution in [1.82, 2.24) is 10.2 Å². The van der Waals surface area contributed by atoms with Gasteiger partial charge >= 0.3 is 0 Å². The zero-order valence-electron chi connectivity index (χ0n) is 13.8. The van der Waals surface area contributed by atoms with Gasteiger partial charge < -0.3 is 10.2 Å². The van der Waals surface area contributed by atoms with Crippen LogP contribution in [0.1, 0.15) is 17.2 Å². The van der Waals surface area contributed by atoms with Crippen LogP contribution in [0.4, 0.5) is 0 Å². The number of nitrogens with zero attached hydrogens (tertiary/aromatic N) is 1. The Hall–Kier alpha value is -1.49. The van der Waals surface area contributed by atoms with E-state index in [-0.39, 0.29) is 17.2 Å². The van der Waals surface area contributed by atoms with Crippen LogP contribution in [-0.2, 0) is 11.2 Å². The number of carbonyl (C=O) groups excluding carboxylic acids is 1. The van der Waals surface area contributed by atoms with Crippen LogP contribution in [0.3, 0.4) is 0 Å². The Labute approximate surface area is 152 Å². The molecule has 2 atom stereocenters. The van der Waals surface area contributed by atoms with E-state index < -0.39 is 0 Å². The molecule has 0 radical (unpaired) electrons. The Morgan fingerprint density at radius 3 is 2.67 bits per heavy atom. The summed E-state index contributed by atoms with van der Waals surface area (Å²) in [5.41, 5.74) is 2.30. The molecule has 0 unspecified atom stereocenters. The molecule has 0 aliphatic carbocycles. The van der Waals surface area contributed by atoms with Gasteiger partial charge in [0.25, 0.3) is 0 Å². The smallest absolute Gasteiger partial charge is 0.233 e. The summed E-state index contributed by atoms with van der Waals surface area (Å²) >= 11 is 7.97. The lowest BCUT2D eigenvalue weighted by Gasteiger charge is -2.26. The van der Waals surface area contributed by atoms with Crippen LogP contribution >= 0.6 is 23.4 Å². The van der Waals surface area contributed by atoms with E-state index in [4.69, 9.17) is 11.6 Å². The molecule has 1 aliphatic heterocycles. The summed E-state index contributed by atoms with van der Waals surface area (Å²) in [7, 11) is 4.00. The van der Waals surface area contributed by atoms with E-state index in [0.29, 0.717) is 6.54 Å². The lowest BCUT2D eigenvalue weighted by Crippen LogP contribution is -2.38. The number of fused-ring (bicyclic) bond motifs is 1. The van der Waals surface area contributed by atoms with Gasteiger partial charge in [0.2, 0.25) is 5.91 Å². The number of nitrogens with one attached hydrogen (secondary N) is 1. The summed E-state index contributed by atoms with van der Waals surface area (Å²) in [5, 5.41) is 3.79. The fraction of sp³-hybridized carbons (Fsp3) is 0.316. The fourth-order valence-corrected chi connectivity index (χ4v) is 4.44. The molecule has 0 spiro atoms. The number of amides is 1. The highest BCUT2D eigenvalue weighted by Crippen LogP contribution is 2.36. The molecule has 3 rings (SSSR count). The van der Waals surface area contributed by atoms with Crippen LogP contribution < -0.4 is 5.32 Å². The molecule has 2 aromatic carbocycles. The van der Waals surface area contributed by atoms with Crippen LogP contribution in [0.15, 0.2) is 53.4 Å². The number of rotatable bonds is 5. The van der Waals surface area contributed by atoms with Crippen molar-refractivity contribution >= 4 is 29.3 Å². The number of benzene rings is 2. The first-order valence-electron chi connectivity index (χ1n) is 7.99. The van der Waals surface area contributed by atoms with Gasteiger partial charge in [-0.15, -0.1) is 11.8 Å². The van der Waals surface area contributed by atoms with Crippen molar-refractivity contribution in [3.63, 3.8) is 0 Å². The maximum atomic E-state index is 12.6. The summed E-state index contributed by atoms with van der Waals surface area (Å²) in [5.74, 6) is 0.0927. The molecular formula is C19H21ClN2OS. The number of hydrogen-bond acceptors (Lipinski definition) is 3. The maximum Gasteiger partial charge on any atom is 0.233 e. The van der Waals surface area contributed by atoms with Gasteiger partial charge in [0.1, 0.15) is 0 Å². The summed E-state index contributed by atoms with van der Waals surface area (Å²) in [6.07, 6.45) is 0.797. The topological polar surface area (TPSA) is 32.3 Å². The van der Waals surface area contributed by atoms with Gasteiger partial charge in [0, 0.05) is 16.5 Å². The Kier molecular flexibility index (Phi) is 5.49. The number of halogens is 1. The van der Waals surface area contributed by atoms with Crippen LogP contribution in [-0.4, -0.2) is 36.7 Å². The molecule has 1 aliphatic rings. The zero-order valence-corrected chi connectivity index (χ0v) is 15.4. The van der Waals surface area contributed by atoms with E-state index in [1.807, 2.05) is 50.5 Å². The second-order valence-corrected chi connectivity index (χ2v) is 7.82. The average molecular weight is 361 g/mol. The highest BCUT2D eigenvalue weighted by molar-refractivity contribution is 8.01. The number of thioether (sulfide) groups is 1. The molecule has 0 saturated heterocycles. The Morgan fingerprint density at radius 2 is 1.96 bits per heavy atom. The Bertz CT molecular complexity index is 710. The van der Waals surface area contributed by atoms with E-state index in [2.05, 4.69) is 22.3 Å². The van der Waals surface area contributed by atoms with Gasteiger partial charge in [-0.05, 0) is 43.8 Å². The van der Waals surface area contributed by atoms with Crippen molar-refractivity contribution in [3.8, 4) is 0 Å². The normalized spacial score (nSPS) is 17.6. The summed E-state index contributed by atoms with van der Waals surface area (Å²) in [4.78, 5) is 15.9. The molecule has 1 amide bonds. The molecule has 24 heavy (non-hydrogen) atoms. The molecular weight excluding hydrogens is 340 g/mol. The molecule has 2 aromatic rings. The predicted molar refractivity (Wildman–Crippen MR) is 101 cm³/mol. The van der Waals surface area contributed by atoms with Gasteiger partial charge in [-0.3, -0.25) is 4.79 Å². The molecule has 0 saturated carbocycles. The third-order valence-corrected chi connectivity index (χ3v) is 5.96. The average Bonchev–Trinajstić information content (AvgIpc) is 3.00. The quantitative estimate of drug-likeness (QED) is 0.880. The molecule has 0 aromatic heterocycles. The molecule has 0 fully saturated rings. The largest absolute Gasteiger partial charge is 0.353 e. The van der Waals surface area contributed by atoms with Crippen LogP contribution in [0.2, 0.25) is 5.02 Å².